The van der Waals surface area contributed by atoms with E-state index in [1.54, 1.807) is 24.3 Å². The van der Waals surface area contributed by atoms with E-state index in [1.165, 1.54) is 6.33 Å². The predicted molar refractivity (Wildman–Crippen MR) is 100 cm³/mol. The summed E-state index contributed by atoms with van der Waals surface area (Å²) in [7, 11) is 0. The SMILES string of the molecule is Cc1ccc(NC(=O)c2cc(Nc3cccc(C#N)c3)ncn2)cc1C. The lowest BCUT2D eigenvalue weighted by molar-refractivity contribution is 0.102. The number of aryl methyl sites for hydroxylation is 2. The Bertz CT molecular complexity index is 1010. The molecule has 0 saturated carbocycles. The Morgan fingerprint density at radius 1 is 1.00 bits per heavy atom. The van der Waals surface area contributed by atoms with Gasteiger partial charge in [-0.3, -0.25) is 4.79 Å². The first-order valence-electron chi connectivity index (χ1n) is 8.03. The first kappa shape index (κ1) is 17.1. The van der Waals surface area contributed by atoms with Crippen molar-refractivity contribution >= 4 is 23.1 Å². The summed E-state index contributed by atoms with van der Waals surface area (Å²) in [6.07, 6.45) is 1.33. The maximum atomic E-state index is 12.4. The number of nitrogens with zero attached hydrogens (tertiary/aromatic N) is 3. The Morgan fingerprint density at radius 3 is 2.62 bits per heavy atom. The van der Waals surface area contributed by atoms with Crippen molar-refractivity contribution in [1.29, 1.82) is 5.26 Å². The molecule has 3 aromatic rings. The van der Waals surface area contributed by atoms with Crippen LogP contribution in [0.5, 0.6) is 0 Å². The van der Waals surface area contributed by atoms with Gasteiger partial charge >= 0.3 is 0 Å². The van der Waals surface area contributed by atoms with Gasteiger partial charge in [0.1, 0.15) is 17.8 Å². The number of hydrogen-bond acceptors (Lipinski definition) is 5. The summed E-state index contributed by atoms with van der Waals surface area (Å²) in [5, 5.41) is 14.9. The van der Waals surface area contributed by atoms with Crippen LogP contribution in [0.25, 0.3) is 0 Å². The number of aromatic nitrogens is 2. The summed E-state index contributed by atoms with van der Waals surface area (Å²) in [6.45, 7) is 4.01. The van der Waals surface area contributed by atoms with E-state index < -0.39 is 0 Å². The van der Waals surface area contributed by atoms with E-state index in [9.17, 15) is 4.79 Å². The number of benzene rings is 2. The first-order valence-corrected chi connectivity index (χ1v) is 8.03. The van der Waals surface area contributed by atoms with Crippen LogP contribution in [0.1, 0.15) is 27.2 Å². The summed E-state index contributed by atoms with van der Waals surface area (Å²) < 4.78 is 0. The van der Waals surface area contributed by atoms with Crippen LogP contribution >= 0.6 is 0 Å². The van der Waals surface area contributed by atoms with Gasteiger partial charge in [-0.05, 0) is 55.3 Å². The van der Waals surface area contributed by atoms with Gasteiger partial charge in [0.05, 0.1) is 11.6 Å². The quantitative estimate of drug-likeness (QED) is 0.748. The van der Waals surface area contributed by atoms with E-state index in [-0.39, 0.29) is 11.6 Å². The molecule has 0 unspecified atom stereocenters. The fourth-order valence-electron chi connectivity index (χ4n) is 2.38. The zero-order valence-electron chi connectivity index (χ0n) is 14.4. The summed E-state index contributed by atoms with van der Waals surface area (Å²) in [6, 6.07) is 16.4. The van der Waals surface area contributed by atoms with Crippen molar-refractivity contribution in [2.45, 2.75) is 13.8 Å². The maximum absolute atomic E-state index is 12.4. The number of nitrogens with one attached hydrogen (secondary N) is 2. The molecule has 1 heterocycles. The molecule has 26 heavy (non-hydrogen) atoms. The number of anilines is 3. The second kappa shape index (κ2) is 7.45. The van der Waals surface area contributed by atoms with E-state index >= 15 is 0 Å². The van der Waals surface area contributed by atoms with E-state index in [0.717, 1.165) is 11.1 Å². The van der Waals surface area contributed by atoms with Crippen LogP contribution in [-0.2, 0) is 0 Å². The van der Waals surface area contributed by atoms with Crippen LogP contribution < -0.4 is 10.6 Å². The van der Waals surface area contributed by atoms with Crippen molar-refractivity contribution in [2.75, 3.05) is 10.6 Å². The van der Waals surface area contributed by atoms with Crippen molar-refractivity contribution in [2.24, 2.45) is 0 Å². The normalized spacial score (nSPS) is 10.0. The Morgan fingerprint density at radius 2 is 1.85 bits per heavy atom. The highest BCUT2D eigenvalue weighted by molar-refractivity contribution is 6.03. The average molecular weight is 343 g/mol. The Hall–Kier alpha value is -3.72. The molecule has 0 bridgehead atoms. The molecule has 3 rings (SSSR count). The van der Waals surface area contributed by atoms with Gasteiger partial charge in [-0.15, -0.1) is 0 Å². The Labute approximate surface area is 151 Å². The van der Waals surface area contributed by atoms with Gasteiger partial charge in [0, 0.05) is 17.4 Å². The van der Waals surface area contributed by atoms with Crippen LogP contribution in [0, 0.1) is 25.2 Å². The molecule has 1 aromatic heterocycles. The van der Waals surface area contributed by atoms with Crippen molar-refractivity contribution in [3.05, 3.63) is 77.2 Å². The zero-order valence-corrected chi connectivity index (χ0v) is 14.4. The summed E-state index contributed by atoms with van der Waals surface area (Å²) in [5.41, 5.74) is 4.48. The molecule has 2 aromatic carbocycles. The fraction of sp³-hybridized carbons (Fsp3) is 0.100. The topological polar surface area (TPSA) is 90.7 Å². The second-order valence-corrected chi connectivity index (χ2v) is 5.86. The number of rotatable bonds is 4. The fourth-order valence-corrected chi connectivity index (χ4v) is 2.38. The first-order chi connectivity index (χ1) is 12.5. The minimum Gasteiger partial charge on any atom is -0.340 e. The molecule has 0 saturated heterocycles. The lowest BCUT2D eigenvalue weighted by atomic mass is 10.1. The van der Waals surface area contributed by atoms with E-state index in [4.69, 9.17) is 5.26 Å². The van der Waals surface area contributed by atoms with Crippen LogP contribution in [0.4, 0.5) is 17.2 Å². The molecule has 6 nitrogen and oxygen atoms in total. The Balaban J connectivity index is 1.76. The number of carbonyl (C=O) groups excluding carboxylic acids is 1. The average Bonchev–Trinajstić information content (AvgIpc) is 2.65. The van der Waals surface area contributed by atoms with Crippen molar-refractivity contribution in [1.82, 2.24) is 9.97 Å². The van der Waals surface area contributed by atoms with Crippen molar-refractivity contribution in [3.8, 4) is 6.07 Å². The molecular formula is C20H17N5O. The largest absolute Gasteiger partial charge is 0.340 e. The molecule has 0 fully saturated rings. The molecule has 0 aliphatic rings. The van der Waals surface area contributed by atoms with Crippen LogP contribution in [-0.4, -0.2) is 15.9 Å². The summed E-state index contributed by atoms with van der Waals surface area (Å²) in [5.74, 6) is 0.157. The molecule has 2 N–H and O–H groups in total. The standard InChI is InChI=1S/C20H17N5O/c1-13-6-7-17(8-14(13)2)25-20(26)18-10-19(23-12-22-18)24-16-5-3-4-15(9-16)11-21/h3-10,12H,1-2H3,(H,25,26)(H,22,23,24). The highest BCUT2D eigenvalue weighted by atomic mass is 16.1. The molecular weight excluding hydrogens is 326 g/mol. The van der Waals surface area contributed by atoms with Gasteiger partial charge in [-0.25, -0.2) is 9.97 Å². The molecule has 6 heteroatoms. The molecule has 0 atom stereocenters. The van der Waals surface area contributed by atoms with Gasteiger partial charge in [-0.1, -0.05) is 12.1 Å². The van der Waals surface area contributed by atoms with Crippen molar-refractivity contribution in [3.63, 3.8) is 0 Å². The van der Waals surface area contributed by atoms with Gasteiger partial charge < -0.3 is 10.6 Å². The monoisotopic (exact) mass is 343 g/mol. The van der Waals surface area contributed by atoms with Crippen molar-refractivity contribution < 1.29 is 4.79 Å². The smallest absolute Gasteiger partial charge is 0.274 e. The maximum Gasteiger partial charge on any atom is 0.274 e. The van der Waals surface area contributed by atoms with Crippen LogP contribution in [0.15, 0.2) is 54.9 Å². The summed E-state index contributed by atoms with van der Waals surface area (Å²) in [4.78, 5) is 20.6. The highest BCUT2D eigenvalue weighted by Crippen LogP contribution is 2.18. The minimum atomic E-state index is -0.315. The molecule has 128 valence electrons. The minimum absolute atomic E-state index is 0.247. The van der Waals surface area contributed by atoms with E-state index in [0.29, 0.717) is 22.8 Å². The van der Waals surface area contributed by atoms with Gasteiger partial charge in [-0.2, -0.15) is 5.26 Å². The molecule has 1 amide bonds. The number of hydrogen-bond donors (Lipinski definition) is 2. The highest BCUT2D eigenvalue weighted by Gasteiger charge is 2.10. The molecule has 0 radical (unpaired) electrons. The lowest BCUT2D eigenvalue weighted by Gasteiger charge is -2.09. The second-order valence-electron chi connectivity index (χ2n) is 5.86. The number of nitriles is 1. The van der Waals surface area contributed by atoms with Gasteiger partial charge in [0.15, 0.2) is 0 Å². The number of carbonyl (C=O) groups is 1. The Kier molecular flexibility index (Phi) is 4.90. The number of amides is 1. The third-order valence-electron chi connectivity index (χ3n) is 3.93. The van der Waals surface area contributed by atoms with Crippen LogP contribution in [0.2, 0.25) is 0 Å². The van der Waals surface area contributed by atoms with E-state index in [2.05, 4.69) is 26.7 Å². The lowest BCUT2D eigenvalue weighted by Crippen LogP contribution is -2.14. The molecule has 0 aliphatic heterocycles. The third kappa shape index (κ3) is 4.02. The third-order valence-corrected chi connectivity index (χ3v) is 3.93. The molecule has 0 aliphatic carbocycles. The molecule has 0 spiro atoms. The summed E-state index contributed by atoms with van der Waals surface area (Å²) >= 11 is 0. The van der Waals surface area contributed by atoms with E-state index in [1.807, 2.05) is 38.1 Å². The predicted octanol–water partition coefficient (Wildman–Crippen LogP) is 3.96. The van der Waals surface area contributed by atoms with Crippen LogP contribution in [0.3, 0.4) is 0 Å². The zero-order chi connectivity index (χ0) is 18.5. The van der Waals surface area contributed by atoms with Gasteiger partial charge in [0.25, 0.3) is 5.91 Å². The van der Waals surface area contributed by atoms with Gasteiger partial charge in [0.2, 0.25) is 0 Å².